The highest BCUT2D eigenvalue weighted by atomic mass is 79.9. The number of nitrogens with one attached hydrogen (secondary N) is 2. The Morgan fingerprint density at radius 1 is 1.06 bits per heavy atom. The van der Waals surface area contributed by atoms with Gasteiger partial charge in [0.1, 0.15) is 5.75 Å². The quantitative estimate of drug-likeness (QED) is 0.385. The Morgan fingerprint density at radius 3 is 2.61 bits per heavy atom. The van der Waals surface area contributed by atoms with E-state index in [9.17, 15) is 9.59 Å². The molecule has 0 radical (unpaired) electrons. The van der Waals surface area contributed by atoms with Crippen LogP contribution >= 0.6 is 15.9 Å². The fraction of sp³-hybridized carbons (Fsp3) is 0.0435. The zero-order chi connectivity index (χ0) is 22.1. The van der Waals surface area contributed by atoms with E-state index in [0.717, 1.165) is 11.3 Å². The molecule has 7 nitrogen and oxygen atoms in total. The van der Waals surface area contributed by atoms with Gasteiger partial charge in [-0.05, 0) is 48.6 Å². The first-order valence-corrected chi connectivity index (χ1v) is 10.0. The summed E-state index contributed by atoms with van der Waals surface area (Å²) in [4.78, 5) is 28.9. The summed E-state index contributed by atoms with van der Waals surface area (Å²) in [5.41, 5.74) is 4.41. The second-order valence-corrected chi connectivity index (χ2v) is 7.12. The Balaban J connectivity index is 1.68. The molecule has 0 bridgehead atoms. The fourth-order valence-electron chi connectivity index (χ4n) is 2.66. The van der Waals surface area contributed by atoms with Crippen molar-refractivity contribution >= 4 is 45.7 Å². The third kappa shape index (κ3) is 6.10. The maximum Gasteiger partial charge on any atom is 0.273 e. The maximum atomic E-state index is 12.6. The molecule has 8 heteroatoms. The molecule has 3 aromatic rings. The number of carbonyl (C=O) groups is 2. The van der Waals surface area contributed by atoms with Crippen molar-refractivity contribution in [2.45, 2.75) is 0 Å². The van der Waals surface area contributed by atoms with Gasteiger partial charge < -0.3 is 10.1 Å². The Hall–Kier alpha value is -3.78. The Morgan fingerprint density at radius 2 is 1.84 bits per heavy atom. The van der Waals surface area contributed by atoms with E-state index in [1.54, 1.807) is 43.5 Å². The Labute approximate surface area is 188 Å². The number of hydrazone groups is 1. The summed E-state index contributed by atoms with van der Waals surface area (Å²) in [7, 11) is 1.60. The van der Waals surface area contributed by atoms with Gasteiger partial charge in [0.05, 0.1) is 18.4 Å². The van der Waals surface area contributed by atoms with Gasteiger partial charge in [-0.3, -0.25) is 14.6 Å². The third-order valence-electron chi connectivity index (χ3n) is 4.16. The van der Waals surface area contributed by atoms with Gasteiger partial charge in [0, 0.05) is 34.2 Å². The van der Waals surface area contributed by atoms with Gasteiger partial charge in [0.15, 0.2) is 0 Å². The van der Waals surface area contributed by atoms with Crippen molar-refractivity contribution in [3.63, 3.8) is 0 Å². The minimum Gasteiger partial charge on any atom is -0.496 e. The van der Waals surface area contributed by atoms with E-state index >= 15 is 0 Å². The summed E-state index contributed by atoms with van der Waals surface area (Å²) in [5, 5.41) is 6.68. The first-order chi connectivity index (χ1) is 15.1. The van der Waals surface area contributed by atoms with Gasteiger partial charge in [-0.15, -0.1) is 0 Å². The molecule has 0 aliphatic rings. The zero-order valence-electron chi connectivity index (χ0n) is 16.6. The van der Waals surface area contributed by atoms with E-state index in [-0.39, 0.29) is 11.5 Å². The number of halogens is 1. The van der Waals surface area contributed by atoms with Crippen LogP contribution in [0.4, 0.5) is 5.69 Å². The summed E-state index contributed by atoms with van der Waals surface area (Å²) < 4.78 is 5.97. The van der Waals surface area contributed by atoms with E-state index in [1.807, 2.05) is 30.3 Å². The van der Waals surface area contributed by atoms with Gasteiger partial charge in [-0.1, -0.05) is 34.1 Å². The average Bonchev–Trinajstić information content (AvgIpc) is 2.80. The van der Waals surface area contributed by atoms with E-state index in [0.29, 0.717) is 15.7 Å². The number of carbonyl (C=O) groups excluding carboxylic acids is 2. The van der Waals surface area contributed by atoms with Crippen molar-refractivity contribution in [3.8, 4) is 5.75 Å². The molecule has 0 atom stereocenters. The van der Waals surface area contributed by atoms with E-state index < -0.39 is 5.91 Å². The summed E-state index contributed by atoms with van der Waals surface area (Å²) >= 11 is 3.35. The molecule has 0 fully saturated rings. The van der Waals surface area contributed by atoms with Crippen molar-refractivity contribution in [2.24, 2.45) is 5.10 Å². The standard InChI is InChI=1S/C23H19BrN4O3/c1-31-21-7-3-2-5-16(21)6-4-12-26-28-23(30)19-15-18(24)8-9-20(19)27-22(29)17-10-13-25-14-11-17/h2-15H,1H3,(H,27,29)(H,28,30)/b6-4+,26-12+. The van der Waals surface area contributed by atoms with Gasteiger partial charge in [-0.25, -0.2) is 5.43 Å². The van der Waals surface area contributed by atoms with Crippen molar-refractivity contribution in [2.75, 3.05) is 12.4 Å². The van der Waals surface area contributed by atoms with Crippen LogP contribution in [0, 0.1) is 0 Å². The SMILES string of the molecule is COc1ccccc1/C=C/C=N/NC(=O)c1cc(Br)ccc1NC(=O)c1ccncc1. The highest BCUT2D eigenvalue weighted by Gasteiger charge is 2.14. The number of aromatic nitrogens is 1. The second-order valence-electron chi connectivity index (χ2n) is 6.20. The van der Waals surface area contributed by atoms with E-state index in [2.05, 4.69) is 36.8 Å². The summed E-state index contributed by atoms with van der Waals surface area (Å²) in [6.45, 7) is 0. The molecular formula is C23H19BrN4O3. The first kappa shape index (κ1) is 21.9. The van der Waals surface area contributed by atoms with Crippen LogP contribution in [0.25, 0.3) is 6.08 Å². The summed E-state index contributed by atoms with van der Waals surface area (Å²) in [6, 6.07) is 15.7. The number of amides is 2. The molecule has 0 spiro atoms. The summed E-state index contributed by atoms with van der Waals surface area (Å²) in [5.74, 6) is -0.0739. The number of anilines is 1. The topological polar surface area (TPSA) is 92.7 Å². The smallest absolute Gasteiger partial charge is 0.273 e. The highest BCUT2D eigenvalue weighted by Crippen LogP contribution is 2.22. The molecule has 0 unspecified atom stereocenters. The van der Waals surface area contributed by atoms with E-state index in [4.69, 9.17) is 4.74 Å². The molecule has 1 aromatic heterocycles. The molecule has 1 heterocycles. The van der Waals surface area contributed by atoms with Crippen LogP contribution in [0.15, 0.2) is 82.6 Å². The van der Waals surface area contributed by atoms with Crippen LogP contribution in [0.5, 0.6) is 5.75 Å². The van der Waals surface area contributed by atoms with Crippen molar-refractivity contribution in [1.82, 2.24) is 10.4 Å². The number of ether oxygens (including phenoxy) is 1. The number of hydrogen-bond acceptors (Lipinski definition) is 5. The molecule has 0 saturated heterocycles. The van der Waals surface area contributed by atoms with Crippen molar-refractivity contribution < 1.29 is 14.3 Å². The molecule has 31 heavy (non-hydrogen) atoms. The molecule has 0 saturated carbocycles. The number of para-hydroxylation sites is 1. The zero-order valence-corrected chi connectivity index (χ0v) is 18.2. The summed E-state index contributed by atoms with van der Waals surface area (Å²) in [6.07, 6.45) is 8.01. The minimum absolute atomic E-state index is 0.266. The first-order valence-electron chi connectivity index (χ1n) is 9.22. The molecule has 2 amide bonds. The van der Waals surface area contributed by atoms with Crippen molar-refractivity contribution in [3.05, 3.63) is 94.2 Å². The van der Waals surface area contributed by atoms with Crippen LogP contribution < -0.4 is 15.5 Å². The second kappa shape index (κ2) is 10.8. The molecule has 2 N–H and O–H groups in total. The van der Waals surface area contributed by atoms with Gasteiger partial charge in [0.25, 0.3) is 11.8 Å². The van der Waals surface area contributed by atoms with Crippen LogP contribution in [-0.4, -0.2) is 30.1 Å². The van der Waals surface area contributed by atoms with Crippen LogP contribution in [0.1, 0.15) is 26.3 Å². The maximum absolute atomic E-state index is 12.6. The van der Waals surface area contributed by atoms with Crippen LogP contribution in [-0.2, 0) is 0 Å². The lowest BCUT2D eigenvalue weighted by molar-refractivity contribution is 0.0956. The normalized spacial score (nSPS) is 10.9. The number of rotatable bonds is 7. The van der Waals surface area contributed by atoms with Crippen molar-refractivity contribution in [1.29, 1.82) is 0 Å². The lowest BCUT2D eigenvalue weighted by atomic mass is 10.1. The molecule has 0 aliphatic heterocycles. The average molecular weight is 479 g/mol. The molecule has 3 rings (SSSR count). The largest absolute Gasteiger partial charge is 0.496 e. The number of benzene rings is 2. The fourth-order valence-corrected chi connectivity index (χ4v) is 3.02. The lowest BCUT2D eigenvalue weighted by Gasteiger charge is -2.10. The van der Waals surface area contributed by atoms with Crippen LogP contribution in [0.2, 0.25) is 0 Å². The van der Waals surface area contributed by atoms with Gasteiger partial charge in [0.2, 0.25) is 0 Å². The predicted octanol–water partition coefficient (Wildman–Crippen LogP) is 4.53. The molecule has 2 aromatic carbocycles. The number of pyridine rings is 1. The number of hydrogen-bond donors (Lipinski definition) is 2. The lowest BCUT2D eigenvalue weighted by Crippen LogP contribution is -2.21. The predicted molar refractivity (Wildman–Crippen MR) is 124 cm³/mol. The Kier molecular flexibility index (Phi) is 7.67. The molecular weight excluding hydrogens is 460 g/mol. The third-order valence-corrected chi connectivity index (χ3v) is 4.65. The van der Waals surface area contributed by atoms with E-state index in [1.165, 1.54) is 18.6 Å². The van der Waals surface area contributed by atoms with Gasteiger partial charge in [-0.2, -0.15) is 5.10 Å². The molecule has 156 valence electrons. The molecule has 0 aliphatic carbocycles. The monoisotopic (exact) mass is 478 g/mol. The Bertz CT molecular complexity index is 1130. The number of allylic oxidation sites excluding steroid dienone is 1. The minimum atomic E-state index is -0.465. The number of nitrogens with zero attached hydrogens (tertiary/aromatic N) is 2. The van der Waals surface area contributed by atoms with Crippen LogP contribution in [0.3, 0.4) is 0 Å². The number of methoxy groups -OCH3 is 1. The van der Waals surface area contributed by atoms with Gasteiger partial charge >= 0.3 is 0 Å². The highest BCUT2D eigenvalue weighted by molar-refractivity contribution is 9.10.